The van der Waals surface area contributed by atoms with Gasteiger partial charge in [0.2, 0.25) is 0 Å². The van der Waals surface area contributed by atoms with Gasteiger partial charge >= 0.3 is 0 Å². The predicted octanol–water partition coefficient (Wildman–Crippen LogP) is 3.44. The molecule has 3 rings (SSSR count). The first kappa shape index (κ1) is 19.7. The van der Waals surface area contributed by atoms with Crippen molar-refractivity contribution >= 4 is 23.0 Å². The number of nitrogens with one attached hydrogen (secondary N) is 2. The third-order valence-corrected chi connectivity index (χ3v) is 5.48. The first-order valence-corrected chi connectivity index (χ1v) is 10.7. The van der Waals surface area contributed by atoms with Crippen LogP contribution >= 0.6 is 11.3 Å². The Balaban J connectivity index is 1.64. The maximum absolute atomic E-state index is 5.49. The van der Waals surface area contributed by atoms with Crippen molar-refractivity contribution in [2.45, 2.75) is 26.3 Å². The normalized spacial score (nSPS) is 16.2. The second kappa shape index (κ2) is 10.3. The first-order chi connectivity index (χ1) is 13.3. The Hall–Kier alpha value is -2.05. The number of morpholine rings is 1. The minimum atomic E-state index is 0.459. The van der Waals surface area contributed by atoms with Gasteiger partial charge in [0, 0.05) is 31.9 Å². The molecule has 1 aliphatic rings. The molecule has 0 spiro atoms. The molecule has 1 unspecified atom stereocenters. The van der Waals surface area contributed by atoms with Crippen LogP contribution in [0.5, 0.6) is 0 Å². The van der Waals surface area contributed by atoms with Crippen molar-refractivity contribution < 1.29 is 4.74 Å². The molecular formula is C21H30N4OS. The fourth-order valence-electron chi connectivity index (χ4n) is 3.19. The Morgan fingerprint density at radius 1 is 1.22 bits per heavy atom. The van der Waals surface area contributed by atoms with E-state index in [0.717, 1.165) is 45.4 Å². The quantitative estimate of drug-likeness (QED) is 0.565. The summed E-state index contributed by atoms with van der Waals surface area (Å²) in [6.07, 6.45) is 0. The Morgan fingerprint density at radius 2 is 2.04 bits per heavy atom. The monoisotopic (exact) mass is 386 g/mol. The van der Waals surface area contributed by atoms with E-state index in [4.69, 9.17) is 9.73 Å². The Kier molecular flexibility index (Phi) is 7.54. The van der Waals surface area contributed by atoms with Gasteiger partial charge < -0.3 is 20.3 Å². The van der Waals surface area contributed by atoms with Gasteiger partial charge in [-0.1, -0.05) is 25.1 Å². The smallest absolute Gasteiger partial charge is 0.191 e. The van der Waals surface area contributed by atoms with E-state index in [1.54, 1.807) is 11.3 Å². The lowest BCUT2D eigenvalue weighted by Crippen LogP contribution is -2.39. The molecule has 0 bridgehead atoms. The molecule has 1 aliphatic heterocycles. The molecule has 1 aromatic carbocycles. The van der Waals surface area contributed by atoms with Crippen LogP contribution in [0.25, 0.3) is 0 Å². The maximum atomic E-state index is 5.49. The first-order valence-electron chi connectivity index (χ1n) is 9.72. The molecule has 1 saturated heterocycles. The van der Waals surface area contributed by atoms with Crippen LogP contribution in [0.2, 0.25) is 0 Å². The Morgan fingerprint density at radius 3 is 2.78 bits per heavy atom. The summed E-state index contributed by atoms with van der Waals surface area (Å²) in [6, 6.07) is 10.7. The van der Waals surface area contributed by atoms with Crippen molar-refractivity contribution in [2.75, 3.05) is 44.3 Å². The lowest BCUT2D eigenvalue weighted by atomic mass is 10.1. The number of aliphatic imine (C=N–C) groups is 1. The summed E-state index contributed by atoms with van der Waals surface area (Å²) in [5, 5.41) is 11.2. The predicted molar refractivity (Wildman–Crippen MR) is 115 cm³/mol. The summed E-state index contributed by atoms with van der Waals surface area (Å²) in [6.45, 7) is 10.2. The summed E-state index contributed by atoms with van der Waals surface area (Å²) >= 11 is 1.75. The maximum Gasteiger partial charge on any atom is 0.191 e. The van der Waals surface area contributed by atoms with Gasteiger partial charge in [-0.15, -0.1) is 0 Å². The standard InChI is InChI=1S/C21H30N4OS/c1-3-22-21(23-14-17(2)19-8-13-27-16-19)24-15-18-6-4-5-7-20(18)25-9-11-26-12-10-25/h4-8,13,16-17H,3,9-12,14-15H2,1-2H3,(H2,22,23,24). The molecule has 6 heteroatoms. The van der Waals surface area contributed by atoms with Crippen LogP contribution in [-0.4, -0.2) is 45.4 Å². The van der Waals surface area contributed by atoms with Gasteiger partial charge in [-0.05, 0) is 46.9 Å². The Bertz CT molecular complexity index is 711. The van der Waals surface area contributed by atoms with Crippen molar-refractivity contribution in [1.29, 1.82) is 0 Å². The molecule has 2 aromatic rings. The van der Waals surface area contributed by atoms with Gasteiger partial charge in [-0.3, -0.25) is 0 Å². The van der Waals surface area contributed by atoms with Crippen molar-refractivity contribution in [3.05, 3.63) is 52.2 Å². The second-order valence-electron chi connectivity index (χ2n) is 6.76. The number of rotatable bonds is 7. The number of benzene rings is 1. The largest absolute Gasteiger partial charge is 0.378 e. The third-order valence-electron chi connectivity index (χ3n) is 4.78. The average Bonchev–Trinajstić information content (AvgIpc) is 3.26. The molecule has 2 N–H and O–H groups in total. The number of hydrogen-bond donors (Lipinski definition) is 2. The molecule has 0 radical (unpaired) electrons. The molecule has 0 saturated carbocycles. The van der Waals surface area contributed by atoms with E-state index < -0.39 is 0 Å². The van der Waals surface area contributed by atoms with Gasteiger partial charge in [-0.25, -0.2) is 4.99 Å². The Labute approximate surface area is 166 Å². The lowest BCUT2D eigenvalue weighted by Gasteiger charge is -2.30. The van der Waals surface area contributed by atoms with Crippen molar-refractivity contribution in [3.63, 3.8) is 0 Å². The molecule has 5 nitrogen and oxygen atoms in total. The average molecular weight is 387 g/mol. The second-order valence-corrected chi connectivity index (χ2v) is 7.54. The van der Waals surface area contributed by atoms with E-state index in [2.05, 4.69) is 70.5 Å². The minimum absolute atomic E-state index is 0.459. The van der Waals surface area contributed by atoms with E-state index in [1.807, 2.05) is 0 Å². The van der Waals surface area contributed by atoms with Gasteiger partial charge in [0.1, 0.15) is 0 Å². The summed E-state index contributed by atoms with van der Waals surface area (Å²) in [5.74, 6) is 1.33. The van der Waals surface area contributed by atoms with Crippen LogP contribution in [-0.2, 0) is 11.3 Å². The highest BCUT2D eigenvalue weighted by atomic mass is 32.1. The molecule has 27 heavy (non-hydrogen) atoms. The van der Waals surface area contributed by atoms with Crippen LogP contribution in [0.3, 0.4) is 0 Å². The fourth-order valence-corrected chi connectivity index (χ4v) is 3.97. The highest BCUT2D eigenvalue weighted by Crippen LogP contribution is 2.22. The van der Waals surface area contributed by atoms with Crippen molar-refractivity contribution in [2.24, 2.45) is 4.99 Å². The van der Waals surface area contributed by atoms with E-state index >= 15 is 0 Å². The molecule has 2 heterocycles. The number of ether oxygens (including phenoxy) is 1. The topological polar surface area (TPSA) is 48.9 Å². The molecule has 1 aromatic heterocycles. The third kappa shape index (κ3) is 5.71. The highest BCUT2D eigenvalue weighted by molar-refractivity contribution is 7.07. The van der Waals surface area contributed by atoms with Crippen LogP contribution in [0.15, 0.2) is 46.1 Å². The zero-order chi connectivity index (χ0) is 18.9. The van der Waals surface area contributed by atoms with Crippen LogP contribution in [0, 0.1) is 0 Å². The SMILES string of the molecule is CCNC(=NCc1ccccc1N1CCOCC1)NCC(C)c1ccsc1. The highest BCUT2D eigenvalue weighted by Gasteiger charge is 2.14. The molecule has 0 amide bonds. The van der Waals surface area contributed by atoms with Crippen LogP contribution < -0.4 is 15.5 Å². The number of anilines is 1. The zero-order valence-electron chi connectivity index (χ0n) is 16.3. The van der Waals surface area contributed by atoms with Gasteiger partial charge in [-0.2, -0.15) is 11.3 Å². The van der Waals surface area contributed by atoms with Crippen LogP contribution in [0.4, 0.5) is 5.69 Å². The fraction of sp³-hybridized carbons (Fsp3) is 0.476. The van der Waals surface area contributed by atoms with Crippen molar-refractivity contribution in [3.8, 4) is 0 Å². The van der Waals surface area contributed by atoms with Gasteiger partial charge in [0.15, 0.2) is 5.96 Å². The van der Waals surface area contributed by atoms with Gasteiger partial charge in [0.25, 0.3) is 0 Å². The minimum Gasteiger partial charge on any atom is -0.378 e. The van der Waals surface area contributed by atoms with E-state index in [1.165, 1.54) is 16.8 Å². The summed E-state index contributed by atoms with van der Waals surface area (Å²) < 4.78 is 5.49. The van der Waals surface area contributed by atoms with E-state index in [9.17, 15) is 0 Å². The number of hydrogen-bond acceptors (Lipinski definition) is 4. The number of nitrogens with zero attached hydrogens (tertiary/aromatic N) is 2. The summed E-state index contributed by atoms with van der Waals surface area (Å²) in [4.78, 5) is 7.23. The number of para-hydroxylation sites is 1. The number of guanidine groups is 1. The van der Waals surface area contributed by atoms with Crippen LogP contribution in [0.1, 0.15) is 30.9 Å². The molecule has 146 valence electrons. The van der Waals surface area contributed by atoms with Crippen molar-refractivity contribution in [1.82, 2.24) is 10.6 Å². The number of thiophene rings is 1. The van der Waals surface area contributed by atoms with E-state index in [-0.39, 0.29) is 0 Å². The molecule has 1 atom stereocenters. The van der Waals surface area contributed by atoms with Gasteiger partial charge in [0.05, 0.1) is 19.8 Å². The molecular weight excluding hydrogens is 356 g/mol. The zero-order valence-corrected chi connectivity index (χ0v) is 17.1. The summed E-state index contributed by atoms with van der Waals surface area (Å²) in [7, 11) is 0. The summed E-state index contributed by atoms with van der Waals surface area (Å²) in [5.41, 5.74) is 3.90. The molecule has 1 fully saturated rings. The lowest BCUT2D eigenvalue weighted by molar-refractivity contribution is 0.122. The molecule has 0 aliphatic carbocycles. The van der Waals surface area contributed by atoms with E-state index in [0.29, 0.717) is 12.5 Å².